The first-order chi connectivity index (χ1) is 11.7. The average molecular weight is 401 g/mol. The van der Waals surface area contributed by atoms with Gasteiger partial charge in [-0.05, 0) is 37.8 Å². The summed E-state index contributed by atoms with van der Waals surface area (Å²) < 4.78 is 5.84. The summed E-state index contributed by atoms with van der Waals surface area (Å²) in [6.45, 7) is 3.19. The Morgan fingerprint density at radius 1 is 1.12 bits per heavy atom. The fourth-order valence-electron chi connectivity index (χ4n) is 3.78. The maximum absolute atomic E-state index is 12.7. The molecule has 2 aliphatic heterocycles. The number of carbonyl (C=O) groups is 1. The quantitative estimate of drug-likeness (QED) is 0.838. The van der Waals surface area contributed by atoms with Crippen molar-refractivity contribution in [3.63, 3.8) is 0 Å². The fraction of sp³-hybridized carbons (Fsp3) is 0.556. The monoisotopic (exact) mass is 400 g/mol. The van der Waals surface area contributed by atoms with E-state index in [1.807, 2.05) is 29.2 Å². The Morgan fingerprint density at radius 2 is 1.85 bits per heavy atom. The van der Waals surface area contributed by atoms with Gasteiger partial charge < -0.3 is 20.0 Å². The lowest BCUT2D eigenvalue weighted by Crippen LogP contribution is -2.49. The van der Waals surface area contributed by atoms with E-state index < -0.39 is 0 Å². The topological polar surface area (TPSA) is 75.6 Å². The van der Waals surface area contributed by atoms with Crippen LogP contribution in [0.4, 0.5) is 6.01 Å². The molecule has 1 unspecified atom stereocenters. The van der Waals surface area contributed by atoms with E-state index in [0.717, 1.165) is 56.4 Å². The molecule has 0 saturated carbocycles. The van der Waals surface area contributed by atoms with E-state index in [0.29, 0.717) is 12.6 Å². The second-order valence-corrected chi connectivity index (χ2v) is 6.91. The minimum Gasteiger partial charge on any atom is -0.423 e. The van der Waals surface area contributed by atoms with Crippen molar-refractivity contribution in [1.82, 2.24) is 9.88 Å². The molecule has 4 rings (SSSR count). The number of anilines is 1. The Hall–Kier alpha value is -1.50. The number of nitrogens with two attached hydrogens (primary N) is 1. The molecule has 1 amide bonds. The van der Waals surface area contributed by atoms with Crippen LogP contribution < -0.4 is 10.6 Å². The molecule has 3 heterocycles. The van der Waals surface area contributed by atoms with E-state index in [2.05, 4.69) is 9.88 Å². The molecule has 0 spiro atoms. The van der Waals surface area contributed by atoms with Gasteiger partial charge in [0.05, 0.1) is 0 Å². The van der Waals surface area contributed by atoms with Crippen molar-refractivity contribution in [2.24, 2.45) is 11.7 Å². The minimum absolute atomic E-state index is 0. The number of oxazole rings is 1. The van der Waals surface area contributed by atoms with Crippen molar-refractivity contribution in [2.75, 3.05) is 31.1 Å². The lowest BCUT2D eigenvalue weighted by molar-refractivity contribution is -0.137. The van der Waals surface area contributed by atoms with Gasteiger partial charge >= 0.3 is 0 Å². The van der Waals surface area contributed by atoms with Gasteiger partial charge in [0.15, 0.2) is 5.58 Å². The number of hydrogen-bond donors (Lipinski definition) is 1. The highest BCUT2D eigenvalue weighted by atomic mass is 35.5. The predicted octanol–water partition coefficient (Wildman–Crippen LogP) is 2.84. The van der Waals surface area contributed by atoms with Crippen molar-refractivity contribution < 1.29 is 9.21 Å². The van der Waals surface area contributed by atoms with Gasteiger partial charge in [-0.25, -0.2) is 0 Å². The standard InChI is InChI=1S/C18H24N4O2.2ClH/c19-14-4-3-9-22(12-14)17(23)13-7-10-21(11-8-13)18-20-15-5-1-2-6-16(15)24-18;;/h1-2,5-6,13-14H,3-4,7-12,19H2;2*1H. The number of piperidine rings is 2. The van der Waals surface area contributed by atoms with Crippen molar-refractivity contribution in [1.29, 1.82) is 0 Å². The van der Waals surface area contributed by atoms with E-state index >= 15 is 0 Å². The van der Waals surface area contributed by atoms with Gasteiger partial charge in [-0.3, -0.25) is 4.79 Å². The zero-order valence-corrected chi connectivity index (χ0v) is 16.3. The SMILES string of the molecule is Cl.Cl.NC1CCCN(C(=O)C2CCN(c3nc4ccccc4o3)CC2)C1. The van der Waals surface area contributed by atoms with Gasteiger partial charge in [-0.2, -0.15) is 4.98 Å². The first-order valence-corrected chi connectivity index (χ1v) is 8.85. The van der Waals surface area contributed by atoms with Gasteiger partial charge in [0, 0.05) is 38.1 Å². The van der Waals surface area contributed by atoms with E-state index in [9.17, 15) is 4.79 Å². The highest BCUT2D eigenvalue weighted by Gasteiger charge is 2.31. The molecule has 0 aliphatic carbocycles. The van der Waals surface area contributed by atoms with Crippen LogP contribution in [0.3, 0.4) is 0 Å². The Kier molecular flexibility index (Phi) is 7.15. The van der Waals surface area contributed by atoms with Crippen LogP contribution >= 0.6 is 24.8 Å². The number of halogens is 2. The van der Waals surface area contributed by atoms with Gasteiger partial charge in [0.1, 0.15) is 5.52 Å². The third-order valence-corrected chi connectivity index (χ3v) is 5.17. The second-order valence-electron chi connectivity index (χ2n) is 6.91. The molecule has 2 N–H and O–H groups in total. The summed E-state index contributed by atoms with van der Waals surface area (Å²) in [6, 6.07) is 8.61. The van der Waals surface area contributed by atoms with Crippen LogP contribution in [0, 0.1) is 5.92 Å². The molecule has 2 aromatic rings. The number of amides is 1. The third-order valence-electron chi connectivity index (χ3n) is 5.17. The smallest absolute Gasteiger partial charge is 0.298 e. The van der Waals surface area contributed by atoms with Crippen LogP contribution in [0.1, 0.15) is 25.7 Å². The number of aromatic nitrogens is 1. The van der Waals surface area contributed by atoms with Crippen molar-refractivity contribution in [2.45, 2.75) is 31.7 Å². The summed E-state index contributed by atoms with van der Waals surface area (Å²) in [5.74, 6) is 0.387. The normalized spacial score (nSPS) is 21.2. The number of benzene rings is 1. The lowest BCUT2D eigenvalue weighted by atomic mass is 9.94. The van der Waals surface area contributed by atoms with Crippen molar-refractivity contribution in [3.05, 3.63) is 24.3 Å². The molecule has 1 aromatic carbocycles. The maximum Gasteiger partial charge on any atom is 0.298 e. The molecule has 2 aliphatic rings. The molecule has 6 nitrogen and oxygen atoms in total. The molecule has 26 heavy (non-hydrogen) atoms. The Labute approximate surface area is 165 Å². The largest absolute Gasteiger partial charge is 0.423 e. The number of likely N-dealkylation sites (tertiary alicyclic amines) is 1. The van der Waals surface area contributed by atoms with E-state index in [4.69, 9.17) is 10.2 Å². The van der Waals surface area contributed by atoms with Crippen LogP contribution in [0.15, 0.2) is 28.7 Å². The Morgan fingerprint density at radius 3 is 2.54 bits per heavy atom. The highest BCUT2D eigenvalue weighted by Crippen LogP contribution is 2.27. The summed E-state index contributed by atoms with van der Waals surface area (Å²) >= 11 is 0. The van der Waals surface area contributed by atoms with Crippen LogP contribution in [-0.4, -0.2) is 48.0 Å². The number of para-hydroxylation sites is 2. The number of carbonyl (C=O) groups excluding carboxylic acids is 1. The molecular formula is C18H26Cl2N4O2. The van der Waals surface area contributed by atoms with Crippen LogP contribution in [0.5, 0.6) is 0 Å². The molecule has 0 radical (unpaired) electrons. The summed E-state index contributed by atoms with van der Waals surface area (Å²) in [7, 11) is 0. The van der Waals surface area contributed by atoms with E-state index in [1.54, 1.807) is 0 Å². The molecule has 2 saturated heterocycles. The minimum atomic E-state index is 0. The summed E-state index contributed by atoms with van der Waals surface area (Å²) in [6.07, 6.45) is 3.75. The van der Waals surface area contributed by atoms with Gasteiger partial charge in [0.2, 0.25) is 5.91 Å². The number of fused-ring (bicyclic) bond motifs is 1. The van der Waals surface area contributed by atoms with Gasteiger partial charge in [-0.1, -0.05) is 12.1 Å². The van der Waals surface area contributed by atoms with Crippen molar-refractivity contribution >= 4 is 47.8 Å². The van der Waals surface area contributed by atoms with E-state index in [-0.39, 0.29) is 42.7 Å². The van der Waals surface area contributed by atoms with E-state index in [1.165, 1.54) is 0 Å². The molecule has 1 aromatic heterocycles. The van der Waals surface area contributed by atoms with Crippen LogP contribution in [-0.2, 0) is 4.79 Å². The summed E-state index contributed by atoms with van der Waals surface area (Å²) in [5.41, 5.74) is 7.70. The molecular weight excluding hydrogens is 375 g/mol. The molecule has 1 atom stereocenters. The van der Waals surface area contributed by atoms with Gasteiger partial charge in [-0.15, -0.1) is 24.8 Å². The average Bonchev–Trinajstić information content (AvgIpc) is 3.05. The number of rotatable bonds is 2. The van der Waals surface area contributed by atoms with Crippen molar-refractivity contribution in [3.8, 4) is 0 Å². The lowest BCUT2D eigenvalue weighted by Gasteiger charge is -2.36. The zero-order valence-electron chi connectivity index (χ0n) is 14.7. The molecule has 8 heteroatoms. The number of hydrogen-bond acceptors (Lipinski definition) is 5. The summed E-state index contributed by atoms with van der Waals surface area (Å²) in [4.78, 5) is 21.4. The molecule has 2 fully saturated rings. The summed E-state index contributed by atoms with van der Waals surface area (Å²) in [5, 5.41) is 0. The Balaban J connectivity index is 0.00000121. The highest BCUT2D eigenvalue weighted by molar-refractivity contribution is 5.85. The molecule has 0 bridgehead atoms. The Bertz CT molecular complexity index is 698. The predicted molar refractivity (Wildman–Crippen MR) is 107 cm³/mol. The van der Waals surface area contributed by atoms with Gasteiger partial charge in [0.25, 0.3) is 6.01 Å². The maximum atomic E-state index is 12.7. The third kappa shape index (κ3) is 4.24. The van der Waals surface area contributed by atoms with Crippen LogP contribution in [0.2, 0.25) is 0 Å². The first-order valence-electron chi connectivity index (χ1n) is 8.85. The first kappa shape index (κ1) is 20.8. The second kappa shape index (κ2) is 8.93. The fourth-order valence-corrected chi connectivity index (χ4v) is 3.78. The molecule has 144 valence electrons. The van der Waals surface area contributed by atoms with Crippen LogP contribution in [0.25, 0.3) is 11.1 Å². The zero-order chi connectivity index (χ0) is 16.5. The number of nitrogens with zero attached hydrogens (tertiary/aromatic N) is 3.